The first-order valence-corrected chi connectivity index (χ1v) is 8.36. The summed E-state index contributed by atoms with van der Waals surface area (Å²) in [6.07, 6.45) is 0. The van der Waals surface area contributed by atoms with Crippen LogP contribution in [-0.2, 0) is 0 Å². The Labute approximate surface area is 136 Å². The molecule has 0 saturated carbocycles. The van der Waals surface area contributed by atoms with Gasteiger partial charge in [-0.1, -0.05) is 48.2 Å². The van der Waals surface area contributed by atoms with Crippen LogP contribution in [0.2, 0.25) is 0 Å². The third kappa shape index (κ3) is 2.17. The molecule has 102 valence electrons. The van der Waals surface area contributed by atoms with Gasteiger partial charge >= 0.3 is 0 Å². The summed E-state index contributed by atoms with van der Waals surface area (Å²) in [5, 5.41) is 0. The number of nitrogens with zero attached hydrogens (tertiary/aromatic N) is 1. The van der Waals surface area contributed by atoms with Crippen molar-refractivity contribution in [3.05, 3.63) is 77.3 Å². The molecule has 3 aromatic carbocycles. The average molecular weight is 354 g/mol. The molecule has 1 aliphatic heterocycles. The first kappa shape index (κ1) is 13.0. The smallest absolute Gasteiger partial charge is 0.0604 e. The van der Waals surface area contributed by atoms with Gasteiger partial charge < -0.3 is 4.90 Å². The van der Waals surface area contributed by atoms with Crippen LogP contribution in [-0.4, -0.2) is 0 Å². The van der Waals surface area contributed by atoms with Crippen molar-refractivity contribution < 1.29 is 0 Å². The van der Waals surface area contributed by atoms with Gasteiger partial charge in [0.15, 0.2) is 0 Å². The molecule has 0 N–H and O–H groups in total. The summed E-state index contributed by atoms with van der Waals surface area (Å²) in [5.41, 5.74) is 3.62. The van der Waals surface area contributed by atoms with Gasteiger partial charge in [0.2, 0.25) is 0 Å². The Morgan fingerprint density at radius 2 is 1.10 bits per heavy atom. The van der Waals surface area contributed by atoms with E-state index in [4.69, 9.17) is 0 Å². The second kappa shape index (κ2) is 5.24. The van der Waals surface area contributed by atoms with E-state index in [9.17, 15) is 0 Å². The predicted molar refractivity (Wildman–Crippen MR) is 92.9 cm³/mol. The molecular formula is C18H12BrNS. The van der Waals surface area contributed by atoms with Gasteiger partial charge in [-0.3, -0.25) is 0 Å². The Balaban J connectivity index is 2.00. The zero-order valence-corrected chi connectivity index (χ0v) is 13.6. The minimum Gasteiger partial charge on any atom is -0.307 e. The van der Waals surface area contributed by atoms with Gasteiger partial charge in [0.25, 0.3) is 0 Å². The Morgan fingerprint density at radius 1 is 0.619 bits per heavy atom. The summed E-state index contributed by atoms with van der Waals surface area (Å²) in [6, 6.07) is 25.5. The van der Waals surface area contributed by atoms with E-state index in [1.807, 2.05) is 17.8 Å². The zero-order valence-electron chi connectivity index (χ0n) is 11.2. The molecule has 21 heavy (non-hydrogen) atoms. The molecule has 0 aliphatic carbocycles. The number of para-hydroxylation sites is 3. The molecule has 4 rings (SSSR count). The monoisotopic (exact) mass is 353 g/mol. The fourth-order valence-electron chi connectivity index (χ4n) is 2.60. The lowest BCUT2D eigenvalue weighted by molar-refractivity contribution is 1.16. The highest BCUT2D eigenvalue weighted by Crippen LogP contribution is 2.52. The van der Waals surface area contributed by atoms with Crippen LogP contribution in [0.1, 0.15) is 0 Å². The van der Waals surface area contributed by atoms with Crippen LogP contribution in [0.5, 0.6) is 0 Å². The van der Waals surface area contributed by atoms with Crippen molar-refractivity contribution in [2.45, 2.75) is 9.79 Å². The molecule has 0 fully saturated rings. The molecule has 0 spiro atoms. The number of rotatable bonds is 1. The fourth-order valence-corrected chi connectivity index (χ4v) is 4.12. The Bertz CT molecular complexity index is 755. The van der Waals surface area contributed by atoms with Gasteiger partial charge in [0, 0.05) is 14.3 Å². The lowest BCUT2D eigenvalue weighted by atomic mass is 10.2. The number of benzene rings is 3. The SMILES string of the molecule is Brc1ccccc1N1c2ccccc2Sc2ccccc21. The lowest BCUT2D eigenvalue weighted by Crippen LogP contribution is -2.15. The third-order valence-corrected chi connectivity index (χ3v) is 5.33. The van der Waals surface area contributed by atoms with Crippen molar-refractivity contribution in [1.82, 2.24) is 0 Å². The molecule has 3 heteroatoms. The summed E-state index contributed by atoms with van der Waals surface area (Å²) < 4.78 is 1.10. The first-order chi connectivity index (χ1) is 10.3. The maximum Gasteiger partial charge on any atom is 0.0604 e. The standard InChI is InChI=1S/C18H12BrNS/c19-13-7-1-2-8-14(13)20-15-9-3-5-11-17(15)21-18-12-6-4-10-16(18)20/h1-12H. The van der Waals surface area contributed by atoms with Crippen LogP contribution < -0.4 is 4.90 Å². The summed E-state index contributed by atoms with van der Waals surface area (Å²) in [6.45, 7) is 0. The van der Waals surface area contributed by atoms with E-state index in [1.165, 1.54) is 21.2 Å². The molecule has 1 aliphatic rings. The molecule has 0 bridgehead atoms. The van der Waals surface area contributed by atoms with Gasteiger partial charge in [-0.2, -0.15) is 0 Å². The lowest BCUT2D eigenvalue weighted by Gasteiger charge is -2.33. The van der Waals surface area contributed by atoms with Crippen molar-refractivity contribution in [1.29, 1.82) is 0 Å². The maximum absolute atomic E-state index is 3.69. The second-order valence-corrected chi connectivity index (χ2v) is 6.76. The van der Waals surface area contributed by atoms with Crippen molar-refractivity contribution in [2.75, 3.05) is 4.90 Å². The molecule has 0 saturated heterocycles. The molecule has 0 amide bonds. The molecule has 1 heterocycles. The highest BCUT2D eigenvalue weighted by molar-refractivity contribution is 9.10. The fraction of sp³-hybridized carbons (Fsp3) is 0. The van der Waals surface area contributed by atoms with Crippen LogP contribution in [0.15, 0.2) is 87.1 Å². The van der Waals surface area contributed by atoms with E-state index in [2.05, 4.69) is 87.6 Å². The molecule has 0 atom stereocenters. The molecule has 0 aromatic heterocycles. The molecular weight excluding hydrogens is 342 g/mol. The molecule has 1 nitrogen and oxygen atoms in total. The summed E-state index contributed by atoms with van der Waals surface area (Å²) in [4.78, 5) is 4.89. The maximum atomic E-state index is 3.69. The van der Waals surface area contributed by atoms with Gasteiger partial charge in [-0.15, -0.1) is 0 Å². The largest absolute Gasteiger partial charge is 0.307 e. The van der Waals surface area contributed by atoms with Crippen molar-refractivity contribution >= 4 is 44.8 Å². The number of fused-ring (bicyclic) bond motifs is 2. The topological polar surface area (TPSA) is 3.24 Å². The average Bonchev–Trinajstić information content (AvgIpc) is 2.53. The van der Waals surface area contributed by atoms with E-state index in [0.29, 0.717) is 0 Å². The number of hydrogen-bond acceptors (Lipinski definition) is 2. The summed E-state index contributed by atoms with van der Waals surface area (Å²) in [5.74, 6) is 0. The van der Waals surface area contributed by atoms with Gasteiger partial charge in [-0.25, -0.2) is 0 Å². The van der Waals surface area contributed by atoms with Gasteiger partial charge in [-0.05, 0) is 52.3 Å². The minimum atomic E-state index is 1.10. The summed E-state index contributed by atoms with van der Waals surface area (Å²) >= 11 is 5.52. The van der Waals surface area contributed by atoms with E-state index < -0.39 is 0 Å². The Hall–Kier alpha value is -1.71. The van der Waals surface area contributed by atoms with E-state index in [0.717, 1.165) is 10.2 Å². The van der Waals surface area contributed by atoms with Gasteiger partial charge in [0.1, 0.15) is 0 Å². The van der Waals surface area contributed by atoms with E-state index >= 15 is 0 Å². The van der Waals surface area contributed by atoms with Crippen molar-refractivity contribution in [3.8, 4) is 0 Å². The highest BCUT2D eigenvalue weighted by Gasteiger charge is 2.24. The minimum absolute atomic E-state index is 1.10. The highest BCUT2D eigenvalue weighted by atomic mass is 79.9. The molecule has 0 radical (unpaired) electrons. The number of anilines is 3. The van der Waals surface area contributed by atoms with Crippen molar-refractivity contribution in [2.24, 2.45) is 0 Å². The Morgan fingerprint density at radius 3 is 1.67 bits per heavy atom. The van der Waals surface area contributed by atoms with E-state index in [1.54, 1.807) is 0 Å². The second-order valence-electron chi connectivity index (χ2n) is 4.82. The first-order valence-electron chi connectivity index (χ1n) is 6.75. The van der Waals surface area contributed by atoms with Crippen molar-refractivity contribution in [3.63, 3.8) is 0 Å². The quantitative estimate of drug-likeness (QED) is 0.390. The number of halogens is 1. The van der Waals surface area contributed by atoms with Crippen LogP contribution in [0, 0.1) is 0 Å². The number of hydrogen-bond donors (Lipinski definition) is 0. The van der Waals surface area contributed by atoms with Crippen LogP contribution in [0.4, 0.5) is 17.1 Å². The summed E-state index contributed by atoms with van der Waals surface area (Å²) in [7, 11) is 0. The van der Waals surface area contributed by atoms with E-state index in [-0.39, 0.29) is 0 Å². The normalized spacial score (nSPS) is 12.7. The van der Waals surface area contributed by atoms with Crippen LogP contribution in [0.25, 0.3) is 0 Å². The molecule has 0 unspecified atom stereocenters. The van der Waals surface area contributed by atoms with Gasteiger partial charge in [0.05, 0.1) is 17.1 Å². The predicted octanol–water partition coefficient (Wildman–Crippen LogP) is 6.38. The Kier molecular flexibility index (Phi) is 3.24. The molecule has 3 aromatic rings. The third-order valence-electron chi connectivity index (χ3n) is 3.53. The van der Waals surface area contributed by atoms with Crippen LogP contribution in [0.3, 0.4) is 0 Å². The van der Waals surface area contributed by atoms with Crippen LogP contribution >= 0.6 is 27.7 Å². The zero-order chi connectivity index (χ0) is 14.2.